The van der Waals surface area contributed by atoms with Crippen molar-refractivity contribution in [3.05, 3.63) is 11.6 Å². The first-order chi connectivity index (χ1) is 8.37. The van der Waals surface area contributed by atoms with Gasteiger partial charge in [0.1, 0.15) is 0 Å². The van der Waals surface area contributed by atoms with E-state index in [4.69, 9.17) is 0 Å². The van der Waals surface area contributed by atoms with Gasteiger partial charge in [0.25, 0.3) is 0 Å². The number of carbonyl (C=O) groups is 1. The lowest BCUT2D eigenvalue weighted by Gasteiger charge is -2.22. The fraction of sp³-hybridized carbons (Fsp3) is 0.750. The molecule has 0 saturated heterocycles. The van der Waals surface area contributed by atoms with Crippen molar-refractivity contribution < 1.29 is 22.7 Å². The molecule has 0 aromatic heterocycles. The highest BCUT2D eigenvalue weighted by Gasteiger charge is 2.37. The number of nitrogens with zero attached hydrogens (tertiary/aromatic N) is 1. The van der Waals surface area contributed by atoms with Crippen LogP contribution in [0.25, 0.3) is 0 Å². The molecule has 1 aliphatic rings. The summed E-state index contributed by atoms with van der Waals surface area (Å²) in [4.78, 5) is 12.7. The molecule has 1 rings (SSSR count). The average Bonchev–Trinajstić information content (AvgIpc) is 3.10. The van der Waals surface area contributed by atoms with Gasteiger partial charge in [-0.25, -0.2) is 4.79 Å². The number of carbonyl (C=O) groups excluding carboxylic acids is 1. The van der Waals surface area contributed by atoms with Gasteiger partial charge in [-0.3, -0.25) is 4.90 Å². The van der Waals surface area contributed by atoms with Gasteiger partial charge in [-0.1, -0.05) is 13.0 Å². The number of hydrogen-bond acceptors (Lipinski definition) is 3. The van der Waals surface area contributed by atoms with Crippen LogP contribution in [-0.4, -0.2) is 43.3 Å². The molecule has 0 heterocycles. The second kappa shape index (κ2) is 6.22. The average molecular weight is 265 g/mol. The van der Waals surface area contributed by atoms with Gasteiger partial charge in [0.05, 0.1) is 13.7 Å². The van der Waals surface area contributed by atoms with Crippen LogP contribution in [0.5, 0.6) is 0 Å². The Kier molecular flexibility index (Phi) is 5.19. The largest absolute Gasteiger partial charge is 0.466 e. The monoisotopic (exact) mass is 265 g/mol. The van der Waals surface area contributed by atoms with Gasteiger partial charge in [0, 0.05) is 18.2 Å². The van der Waals surface area contributed by atoms with Crippen molar-refractivity contribution in [2.45, 2.75) is 38.4 Å². The van der Waals surface area contributed by atoms with Gasteiger partial charge in [-0.05, 0) is 19.3 Å². The fourth-order valence-electron chi connectivity index (χ4n) is 1.74. The molecule has 1 fully saturated rings. The van der Waals surface area contributed by atoms with Gasteiger partial charge in [-0.15, -0.1) is 0 Å². The van der Waals surface area contributed by atoms with Crippen LogP contribution in [0.1, 0.15) is 26.2 Å². The van der Waals surface area contributed by atoms with Crippen LogP contribution in [0.2, 0.25) is 0 Å². The third-order valence-corrected chi connectivity index (χ3v) is 2.85. The summed E-state index contributed by atoms with van der Waals surface area (Å²) in [6.07, 6.45) is -0.617. The zero-order valence-corrected chi connectivity index (χ0v) is 10.6. The van der Waals surface area contributed by atoms with Gasteiger partial charge in [-0.2, -0.15) is 13.2 Å². The number of methoxy groups -OCH3 is 1. The summed E-state index contributed by atoms with van der Waals surface area (Å²) < 4.78 is 41.7. The molecular formula is C12H18F3NO2. The zero-order chi connectivity index (χ0) is 13.8. The van der Waals surface area contributed by atoms with E-state index in [2.05, 4.69) is 4.74 Å². The lowest BCUT2D eigenvalue weighted by Crippen LogP contribution is -2.36. The zero-order valence-electron chi connectivity index (χ0n) is 10.6. The van der Waals surface area contributed by atoms with Crippen molar-refractivity contribution in [2.75, 3.05) is 20.2 Å². The van der Waals surface area contributed by atoms with Crippen molar-refractivity contribution in [1.82, 2.24) is 4.90 Å². The maximum absolute atomic E-state index is 12.4. The molecule has 0 unspecified atom stereocenters. The van der Waals surface area contributed by atoms with E-state index >= 15 is 0 Å². The van der Waals surface area contributed by atoms with E-state index in [1.54, 1.807) is 6.92 Å². The Labute approximate surface area is 105 Å². The maximum atomic E-state index is 12.4. The predicted octanol–water partition coefficient (Wildman–Crippen LogP) is 2.52. The van der Waals surface area contributed by atoms with Crippen LogP contribution in [-0.2, 0) is 9.53 Å². The fourth-order valence-corrected chi connectivity index (χ4v) is 1.74. The SMILES string of the molecule is CCC(=CCN(CC(F)(F)F)C1CC1)C(=O)OC. The Morgan fingerprint density at radius 1 is 1.44 bits per heavy atom. The molecule has 0 amide bonds. The third kappa shape index (κ3) is 5.08. The minimum absolute atomic E-state index is 0.00127. The van der Waals surface area contributed by atoms with Crippen LogP contribution in [0.15, 0.2) is 11.6 Å². The van der Waals surface area contributed by atoms with E-state index in [9.17, 15) is 18.0 Å². The minimum atomic E-state index is -4.20. The molecule has 1 aliphatic carbocycles. The van der Waals surface area contributed by atoms with Crippen LogP contribution in [0, 0.1) is 0 Å². The first-order valence-corrected chi connectivity index (χ1v) is 5.95. The molecule has 0 radical (unpaired) electrons. The Morgan fingerprint density at radius 3 is 2.44 bits per heavy atom. The Hall–Kier alpha value is -1.04. The summed E-state index contributed by atoms with van der Waals surface area (Å²) in [5.41, 5.74) is 0.422. The summed E-state index contributed by atoms with van der Waals surface area (Å²) >= 11 is 0. The van der Waals surface area contributed by atoms with Crippen LogP contribution >= 0.6 is 0 Å². The quantitative estimate of drug-likeness (QED) is 0.546. The van der Waals surface area contributed by atoms with Gasteiger partial charge in [0.2, 0.25) is 0 Å². The molecule has 0 aromatic carbocycles. The predicted molar refractivity (Wildman–Crippen MR) is 61.0 cm³/mol. The molecule has 18 heavy (non-hydrogen) atoms. The molecule has 3 nitrogen and oxygen atoms in total. The number of halogens is 3. The molecule has 0 aromatic rings. The van der Waals surface area contributed by atoms with Crippen LogP contribution in [0.4, 0.5) is 13.2 Å². The first-order valence-electron chi connectivity index (χ1n) is 5.95. The summed E-state index contributed by atoms with van der Waals surface area (Å²) in [7, 11) is 1.26. The molecule has 1 saturated carbocycles. The standard InChI is InChI=1S/C12H18F3NO2/c1-3-9(11(17)18-2)6-7-16(10-4-5-10)8-12(13,14)15/h6,10H,3-5,7-8H2,1-2H3. The minimum Gasteiger partial charge on any atom is -0.466 e. The van der Waals surface area contributed by atoms with Crippen molar-refractivity contribution in [3.8, 4) is 0 Å². The van der Waals surface area contributed by atoms with Crippen LogP contribution in [0.3, 0.4) is 0 Å². The lowest BCUT2D eigenvalue weighted by molar-refractivity contribution is -0.145. The van der Waals surface area contributed by atoms with Crippen molar-refractivity contribution in [1.29, 1.82) is 0 Å². The maximum Gasteiger partial charge on any atom is 0.401 e. The van der Waals surface area contributed by atoms with E-state index in [0.717, 1.165) is 12.8 Å². The summed E-state index contributed by atoms with van der Waals surface area (Å²) in [5.74, 6) is -0.472. The summed E-state index contributed by atoms with van der Waals surface area (Å²) in [6, 6.07) is -0.00127. The molecular weight excluding hydrogens is 247 g/mol. The van der Waals surface area contributed by atoms with Gasteiger partial charge in [0.15, 0.2) is 0 Å². The van der Waals surface area contributed by atoms with E-state index in [-0.39, 0.29) is 12.6 Å². The van der Waals surface area contributed by atoms with Gasteiger partial charge < -0.3 is 4.74 Å². The van der Waals surface area contributed by atoms with Crippen molar-refractivity contribution >= 4 is 5.97 Å². The highest BCUT2D eigenvalue weighted by molar-refractivity contribution is 5.88. The van der Waals surface area contributed by atoms with Crippen molar-refractivity contribution in [2.24, 2.45) is 0 Å². The van der Waals surface area contributed by atoms with E-state index in [1.807, 2.05) is 0 Å². The van der Waals surface area contributed by atoms with Crippen LogP contribution < -0.4 is 0 Å². The normalized spacial score (nSPS) is 17.1. The molecule has 0 N–H and O–H groups in total. The number of alkyl halides is 3. The Bertz CT molecular complexity index is 322. The van der Waals surface area contributed by atoms with E-state index in [1.165, 1.54) is 18.1 Å². The summed E-state index contributed by atoms with van der Waals surface area (Å²) in [6.45, 7) is 0.989. The third-order valence-electron chi connectivity index (χ3n) is 2.85. The van der Waals surface area contributed by atoms with Gasteiger partial charge >= 0.3 is 12.1 Å². The first kappa shape index (κ1) is 15.0. The molecule has 0 bridgehead atoms. The lowest BCUT2D eigenvalue weighted by atomic mass is 10.2. The molecule has 0 atom stereocenters. The molecule has 6 heteroatoms. The summed E-state index contributed by atoms with van der Waals surface area (Å²) in [5, 5.41) is 0. The smallest absolute Gasteiger partial charge is 0.401 e. The highest BCUT2D eigenvalue weighted by atomic mass is 19.4. The molecule has 0 aliphatic heterocycles. The van der Waals surface area contributed by atoms with E-state index in [0.29, 0.717) is 12.0 Å². The number of hydrogen-bond donors (Lipinski definition) is 0. The van der Waals surface area contributed by atoms with E-state index < -0.39 is 18.7 Å². The number of rotatable bonds is 6. The van der Waals surface area contributed by atoms with Crippen molar-refractivity contribution in [3.63, 3.8) is 0 Å². The topological polar surface area (TPSA) is 29.5 Å². The Morgan fingerprint density at radius 2 is 2.06 bits per heavy atom. The Balaban J connectivity index is 2.60. The number of esters is 1. The molecule has 104 valence electrons. The second-order valence-electron chi connectivity index (χ2n) is 4.35. The highest BCUT2D eigenvalue weighted by Crippen LogP contribution is 2.30. The number of ether oxygens (including phenoxy) is 1. The second-order valence-corrected chi connectivity index (χ2v) is 4.35. The molecule has 0 spiro atoms.